The predicted molar refractivity (Wildman–Crippen MR) is 79.4 cm³/mol. The van der Waals surface area contributed by atoms with Gasteiger partial charge in [-0.25, -0.2) is 9.78 Å². The lowest BCUT2D eigenvalue weighted by molar-refractivity contribution is 0.0288. The van der Waals surface area contributed by atoms with E-state index < -0.39 is 5.60 Å². The lowest BCUT2D eigenvalue weighted by Crippen LogP contribution is -2.35. The van der Waals surface area contributed by atoms with Crippen molar-refractivity contribution in [3.8, 4) is 0 Å². The van der Waals surface area contributed by atoms with Gasteiger partial charge in [0.25, 0.3) is 0 Å². The topological polar surface area (TPSA) is 55.3 Å². The molecule has 1 saturated heterocycles. The highest BCUT2D eigenvalue weighted by Crippen LogP contribution is 2.22. The molecule has 1 unspecified atom stereocenters. The molecule has 1 aliphatic heterocycles. The van der Waals surface area contributed by atoms with Gasteiger partial charge in [0.15, 0.2) is 0 Å². The van der Waals surface area contributed by atoms with Crippen molar-refractivity contribution >= 4 is 22.0 Å². The van der Waals surface area contributed by atoms with Crippen LogP contribution in [0.2, 0.25) is 0 Å². The first-order valence-corrected chi connectivity index (χ1v) is 7.57. The van der Waals surface area contributed by atoms with Crippen LogP contribution >= 0.6 is 15.9 Å². The molecule has 20 heavy (non-hydrogen) atoms. The number of rotatable bonds is 2. The lowest BCUT2D eigenvalue weighted by atomic mass is 10.0. The predicted octanol–water partition coefficient (Wildman–Crippen LogP) is 3.04. The van der Waals surface area contributed by atoms with Crippen LogP contribution in [0.15, 0.2) is 17.0 Å². The Kier molecular flexibility index (Phi) is 4.62. The van der Waals surface area contributed by atoms with E-state index in [0.29, 0.717) is 5.92 Å². The van der Waals surface area contributed by atoms with Gasteiger partial charge in [0.2, 0.25) is 0 Å². The highest BCUT2D eigenvalue weighted by molar-refractivity contribution is 9.10. The van der Waals surface area contributed by atoms with E-state index in [0.717, 1.165) is 36.2 Å². The number of likely N-dealkylation sites (tertiary alicyclic amines) is 1. The zero-order valence-electron chi connectivity index (χ0n) is 12.1. The van der Waals surface area contributed by atoms with Crippen LogP contribution in [-0.4, -0.2) is 39.7 Å². The zero-order chi connectivity index (χ0) is 14.8. The van der Waals surface area contributed by atoms with E-state index in [4.69, 9.17) is 4.74 Å². The van der Waals surface area contributed by atoms with Crippen molar-refractivity contribution in [1.29, 1.82) is 0 Å². The van der Waals surface area contributed by atoms with Crippen LogP contribution in [0.1, 0.15) is 32.9 Å². The quantitative estimate of drug-likeness (QED) is 0.829. The molecule has 1 atom stereocenters. The molecule has 1 aromatic heterocycles. The summed E-state index contributed by atoms with van der Waals surface area (Å²) >= 11 is 3.27. The standard InChI is InChI=1S/C14H20BrN3O2/c1-14(2,3)20-13(19)18-5-4-10(9-18)6-11-7-17-12(15)8-16-11/h7-8,10H,4-6,9H2,1-3H3. The summed E-state index contributed by atoms with van der Waals surface area (Å²) in [5, 5.41) is 0. The minimum Gasteiger partial charge on any atom is -0.444 e. The molecule has 2 rings (SSSR count). The van der Waals surface area contributed by atoms with E-state index in [2.05, 4.69) is 25.9 Å². The molecule has 110 valence electrons. The molecule has 0 radical (unpaired) electrons. The second-order valence-corrected chi connectivity index (χ2v) is 6.93. The van der Waals surface area contributed by atoms with Crippen molar-refractivity contribution in [3.63, 3.8) is 0 Å². The van der Waals surface area contributed by atoms with Gasteiger partial charge in [-0.1, -0.05) is 0 Å². The molecule has 0 aliphatic carbocycles. The summed E-state index contributed by atoms with van der Waals surface area (Å²) < 4.78 is 6.13. The molecular formula is C14H20BrN3O2. The Hall–Kier alpha value is -1.17. The molecule has 0 bridgehead atoms. The van der Waals surface area contributed by atoms with Gasteiger partial charge in [0.1, 0.15) is 10.2 Å². The normalized spacial score (nSPS) is 19.2. The molecule has 2 heterocycles. The number of amides is 1. The van der Waals surface area contributed by atoms with Gasteiger partial charge in [0, 0.05) is 19.3 Å². The molecule has 0 aromatic carbocycles. The molecule has 6 heteroatoms. The smallest absolute Gasteiger partial charge is 0.410 e. The number of ether oxygens (including phenoxy) is 1. The minimum absolute atomic E-state index is 0.220. The van der Waals surface area contributed by atoms with Crippen molar-refractivity contribution in [3.05, 3.63) is 22.7 Å². The van der Waals surface area contributed by atoms with E-state index in [1.54, 1.807) is 17.3 Å². The first kappa shape index (κ1) is 15.2. The van der Waals surface area contributed by atoms with Crippen LogP contribution < -0.4 is 0 Å². The van der Waals surface area contributed by atoms with Crippen LogP contribution in [0, 0.1) is 5.92 Å². The average Bonchev–Trinajstić information content (AvgIpc) is 2.79. The van der Waals surface area contributed by atoms with Crippen molar-refractivity contribution in [2.75, 3.05) is 13.1 Å². The van der Waals surface area contributed by atoms with Crippen molar-refractivity contribution in [1.82, 2.24) is 14.9 Å². The molecular weight excluding hydrogens is 322 g/mol. The van der Waals surface area contributed by atoms with Crippen LogP contribution in [0.4, 0.5) is 4.79 Å². The van der Waals surface area contributed by atoms with Gasteiger partial charge in [-0.15, -0.1) is 0 Å². The SMILES string of the molecule is CC(C)(C)OC(=O)N1CCC(Cc2cnc(Br)cn2)C1. The number of nitrogens with zero attached hydrogens (tertiary/aromatic N) is 3. The van der Waals surface area contributed by atoms with E-state index in [1.807, 2.05) is 20.8 Å². The van der Waals surface area contributed by atoms with Gasteiger partial charge < -0.3 is 9.64 Å². The Bertz CT molecular complexity index is 470. The monoisotopic (exact) mass is 341 g/mol. The summed E-state index contributed by atoms with van der Waals surface area (Å²) in [4.78, 5) is 22.3. The number of hydrogen-bond donors (Lipinski definition) is 0. The Labute approximate surface area is 127 Å². The maximum absolute atomic E-state index is 12.0. The fraction of sp³-hybridized carbons (Fsp3) is 0.643. The van der Waals surface area contributed by atoms with Gasteiger partial charge in [-0.3, -0.25) is 4.98 Å². The summed E-state index contributed by atoms with van der Waals surface area (Å²) in [5.41, 5.74) is 0.524. The summed E-state index contributed by atoms with van der Waals surface area (Å²) in [6.07, 6.45) is 5.09. The highest BCUT2D eigenvalue weighted by Gasteiger charge is 2.29. The Balaban J connectivity index is 1.86. The van der Waals surface area contributed by atoms with Gasteiger partial charge >= 0.3 is 6.09 Å². The zero-order valence-corrected chi connectivity index (χ0v) is 13.7. The van der Waals surface area contributed by atoms with Crippen molar-refractivity contribution in [2.24, 2.45) is 5.92 Å². The second-order valence-electron chi connectivity index (χ2n) is 6.12. The van der Waals surface area contributed by atoms with Crippen LogP contribution in [-0.2, 0) is 11.2 Å². The fourth-order valence-electron chi connectivity index (χ4n) is 2.23. The number of halogens is 1. The number of aromatic nitrogens is 2. The third kappa shape index (κ3) is 4.44. The van der Waals surface area contributed by atoms with E-state index in [9.17, 15) is 4.79 Å². The molecule has 0 N–H and O–H groups in total. The number of hydrogen-bond acceptors (Lipinski definition) is 4. The van der Waals surface area contributed by atoms with Crippen LogP contribution in [0.25, 0.3) is 0 Å². The maximum atomic E-state index is 12.0. The third-order valence-corrected chi connectivity index (χ3v) is 3.52. The Morgan fingerprint density at radius 2 is 2.20 bits per heavy atom. The third-order valence-electron chi connectivity index (χ3n) is 3.11. The molecule has 1 fully saturated rings. The van der Waals surface area contributed by atoms with E-state index in [1.165, 1.54) is 0 Å². The number of carbonyl (C=O) groups excluding carboxylic acids is 1. The van der Waals surface area contributed by atoms with E-state index in [-0.39, 0.29) is 6.09 Å². The molecule has 1 amide bonds. The average molecular weight is 342 g/mol. The molecule has 1 aliphatic rings. The molecule has 1 aromatic rings. The largest absolute Gasteiger partial charge is 0.444 e. The summed E-state index contributed by atoms with van der Waals surface area (Å²) in [6, 6.07) is 0. The Morgan fingerprint density at radius 3 is 2.80 bits per heavy atom. The van der Waals surface area contributed by atoms with Gasteiger partial charge in [-0.2, -0.15) is 0 Å². The number of carbonyl (C=O) groups is 1. The minimum atomic E-state index is -0.438. The lowest BCUT2D eigenvalue weighted by Gasteiger charge is -2.24. The molecule has 0 spiro atoms. The first-order chi connectivity index (χ1) is 9.33. The second kappa shape index (κ2) is 6.08. The fourth-order valence-corrected chi connectivity index (χ4v) is 2.44. The highest BCUT2D eigenvalue weighted by atomic mass is 79.9. The maximum Gasteiger partial charge on any atom is 0.410 e. The van der Waals surface area contributed by atoms with Crippen molar-refractivity contribution in [2.45, 2.75) is 39.2 Å². The summed E-state index contributed by atoms with van der Waals surface area (Å²) in [6.45, 7) is 7.14. The van der Waals surface area contributed by atoms with Crippen LogP contribution in [0.3, 0.4) is 0 Å². The molecule has 5 nitrogen and oxygen atoms in total. The molecule has 0 saturated carbocycles. The van der Waals surface area contributed by atoms with Gasteiger partial charge in [0.05, 0.1) is 11.9 Å². The van der Waals surface area contributed by atoms with E-state index >= 15 is 0 Å². The van der Waals surface area contributed by atoms with Gasteiger partial charge in [-0.05, 0) is 55.5 Å². The van der Waals surface area contributed by atoms with Crippen molar-refractivity contribution < 1.29 is 9.53 Å². The Morgan fingerprint density at radius 1 is 1.45 bits per heavy atom. The first-order valence-electron chi connectivity index (χ1n) is 6.78. The summed E-state index contributed by atoms with van der Waals surface area (Å²) in [5.74, 6) is 0.429. The van der Waals surface area contributed by atoms with Crippen LogP contribution in [0.5, 0.6) is 0 Å². The summed E-state index contributed by atoms with van der Waals surface area (Å²) in [7, 11) is 0.